The molecule has 1 N–H and O–H groups in total. The molecule has 0 radical (unpaired) electrons. The smallest absolute Gasteiger partial charge is 0.317 e. The third-order valence-electron chi connectivity index (χ3n) is 5.51. The van der Waals surface area contributed by atoms with E-state index < -0.39 is 4.92 Å². The van der Waals surface area contributed by atoms with Crippen molar-refractivity contribution in [2.24, 2.45) is 0 Å². The molecule has 30 heavy (non-hydrogen) atoms. The molecule has 0 spiro atoms. The lowest BCUT2D eigenvalue weighted by molar-refractivity contribution is -0.384. The molecule has 2 aromatic rings. The van der Waals surface area contributed by atoms with Crippen molar-refractivity contribution >= 4 is 29.0 Å². The lowest BCUT2D eigenvalue weighted by Gasteiger charge is -2.36. The third-order valence-corrected chi connectivity index (χ3v) is 5.51. The fourth-order valence-corrected chi connectivity index (χ4v) is 3.88. The van der Waals surface area contributed by atoms with Crippen molar-refractivity contribution in [2.75, 3.05) is 42.5 Å². The van der Waals surface area contributed by atoms with E-state index in [1.165, 1.54) is 12.1 Å². The van der Waals surface area contributed by atoms with Gasteiger partial charge in [-0.15, -0.1) is 0 Å². The van der Waals surface area contributed by atoms with E-state index >= 15 is 0 Å². The predicted molar refractivity (Wildman–Crippen MR) is 113 cm³/mol. The van der Waals surface area contributed by atoms with Crippen LogP contribution in [0, 0.1) is 10.1 Å². The van der Waals surface area contributed by atoms with Gasteiger partial charge in [-0.2, -0.15) is 0 Å². The summed E-state index contributed by atoms with van der Waals surface area (Å²) in [6.07, 6.45) is 0.295. The van der Waals surface area contributed by atoms with Gasteiger partial charge in [-0.25, -0.2) is 4.79 Å². The minimum Gasteiger partial charge on any atom is -0.368 e. The van der Waals surface area contributed by atoms with E-state index in [4.69, 9.17) is 0 Å². The largest absolute Gasteiger partial charge is 0.368 e. The van der Waals surface area contributed by atoms with Gasteiger partial charge in [-0.3, -0.25) is 14.9 Å². The molecule has 3 amide bonds. The van der Waals surface area contributed by atoms with Crippen LogP contribution in [0.4, 0.5) is 21.9 Å². The van der Waals surface area contributed by atoms with Crippen LogP contribution in [0.3, 0.4) is 0 Å². The van der Waals surface area contributed by atoms with Crippen LogP contribution in [0.2, 0.25) is 0 Å². The Morgan fingerprint density at radius 3 is 2.27 bits per heavy atom. The number of carbonyl (C=O) groups excluding carboxylic acids is 2. The number of urea groups is 1. The normalized spacial score (nSPS) is 19.1. The van der Waals surface area contributed by atoms with Crippen molar-refractivity contribution in [1.82, 2.24) is 10.2 Å². The number of hydrogen-bond donors (Lipinski definition) is 1. The molecule has 0 saturated carbocycles. The second kappa shape index (κ2) is 8.40. The Kier molecular flexibility index (Phi) is 5.51. The monoisotopic (exact) mass is 409 g/mol. The molecule has 0 aromatic heterocycles. The quantitative estimate of drug-likeness (QED) is 0.617. The van der Waals surface area contributed by atoms with E-state index in [0.717, 1.165) is 11.4 Å². The van der Waals surface area contributed by atoms with E-state index in [9.17, 15) is 19.7 Å². The number of nitrogens with zero attached hydrogens (tertiary/aromatic N) is 4. The molecule has 1 unspecified atom stereocenters. The van der Waals surface area contributed by atoms with E-state index in [-0.39, 0.29) is 23.7 Å². The van der Waals surface area contributed by atoms with Crippen LogP contribution >= 0.6 is 0 Å². The Morgan fingerprint density at radius 1 is 0.967 bits per heavy atom. The highest BCUT2D eigenvalue weighted by atomic mass is 16.6. The average Bonchev–Trinajstić information content (AvgIpc) is 3.14. The standard InChI is InChI=1S/C21H23N5O4/c27-20-14-16(15-25(20)18-4-2-1-3-5-18)22-21(28)24-12-10-23(11-13-24)17-6-8-19(9-7-17)26(29)30/h1-9,16H,10-15H2,(H,22,28). The zero-order valence-electron chi connectivity index (χ0n) is 16.4. The molecular formula is C21H23N5O4. The number of rotatable bonds is 4. The molecule has 1 atom stereocenters. The van der Waals surface area contributed by atoms with Crippen LogP contribution in [0.25, 0.3) is 0 Å². The molecule has 2 saturated heterocycles. The van der Waals surface area contributed by atoms with Gasteiger partial charge in [0, 0.05) is 62.7 Å². The fourth-order valence-electron chi connectivity index (χ4n) is 3.88. The number of benzene rings is 2. The molecule has 0 bridgehead atoms. The molecule has 2 aliphatic heterocycles. The van der Waals surface area contributed by atoms with E-state index in [0.29, 0.717) is 39.1 Å². The van der Waals surface area contributed by atoms with Gasteiger partial charge in [-0.05, 0) is 24.3 Å². The fraction of sp³-hybridized carbons (Fsp3) is 0.333. The first-order valence-corrected chi connectivity index (χ1v) is 9.91. The summed E-state index contributed by atoms with van der Waals surface area (Å²) in [5, 5.41) is 13.8. The molecule has 0 aliphatic carbocycles. The van der Waals surface area contributed by atoms with Crippen molar-refractivity contribution in [3.63, 3.8) is 0 Å². The maximum atomic E-state index is 12.7. The summed E-state index contributed by atoms with van der Waals surface area (Å²) in [5.74, 6) is 0.00879. The van der Waals surface area contributed by atoms with Gasteiger partial charge in [0.1, 0.15) is 0 Å². The molecule has 2 aromatic carbocycles. The number of non-ortho nitro benzene ring substituents is 1. The second-order valence-corrected chi connectivity index (χ2v) is 7.44. The van der Waals surface area contributed by atoms with Gasteiger partial charge >= 0.3 is 6.03 Å². The Balaban J connectivity index is 1.28. The van der Waals surface area contributed by atoms with E-state index in [1.807, 2.05) is 30.3 Å². The van der Waals surface area contributed by atoms with Gasteiger partial charge < -0.3 is 20.0 Å². The first kappa shape index (κ1) is 19.7. The number of anilines is 2. The number of nitrogens with one attached hydrogen (secondary N) is 1. The maximum absolute atomic E-state index is 12.7. The van der Waals surface area contributed by atoms with Crippen LogP contribution in [-0.4, -0.2) is 60.5 Å². The van der Waals surface area contributed by atoms with Crippen molar-refractivity contribution in [2.45, 2.75) is 12.5 Å². The topological polar surface area (TPSA) is 99.0 Å². The first-order valence-electron chi connectivity index (χ1n) is 9.91. The van der Waals surface area contributed by atoms with Crippen molar-refractivity contribution in [3.8, 4) is 0 Å². The van der Waals surface area contributed by atoms with Crippen LogP contribution in [-0.2, 0) is 4.79 Å². The first-order chi connectivity index (χ1) is 14.5. The van der Waals surface area contributed by atoms with Crippen LogP contribution < -0.4 is 15.1 Å². The van der Waals surface area contributed by atoms with Crippen LogP contribution in [0.15, 0.2) is 54.6 Å². The summed E-state index contributed by atoms with van der Waals surface area (Å²) in [5.41, 5.74) is 1.81. The third kappa shape index (κ3) is 4.19. The average molecular weight is 409 g/mol. The van der Waals surface area contributed by atoms with Gasteiger partial charge in [0.15, 0.2) is 0 Å². The number of para-hydroxylation sites is 1. The molecule has 2 heterocycles. The zero-order chi connectivity index (χ0) is 21.1. The number of carbonyl (C=O) groups is 2. The SMILES string of the molecule is O=C(NC1CC(=O)N(c2ccccc2)C1)N1CCN(c2ccc([N+](=O)[O-])cc2)CC1. The van der Waals surface area contributed by atoms with Crippen LogP contribution in [0.5, 0.6) is 0 Å². The summed E-state index contributed by atoms with van der Waals surface area (Å²) >= 11 is 0. The van der Waals surface area contributed by atoms with E-state index in [1.54, 1.807) is 21.9 Å². The number of piperazine rings is 1. The van der Waals surface area contributed by atoms with Crippen molar-refractivity contribution < 1.29 is 14.5 Å². The Labute approximate surface area is 174 Å². The Hall–Kier alpha value is -3.62. The highest BCUT2D eigenvalue weighted by Crippen LogP contribution is 2.22. The molecular weight excluding hydrogens is 386 g/mol. The summed E-state index contributed by atoms with van der Waals surface area (Å²) in [6.45, 7) is 2.85. The Bertz CT molecular complexity index is 926. The molecule has 156 valence electrons. The second-order valence-electron chi connectivity index (χ2n) is 7.44. The lowest BCUT2D eigenvalue weighted by Crippen LogP contribution is -2.53. The maximum Gasteiger partial charge on any atom is 0.317 e. The van der Waals surface area contributed by atoms with Gasteiger partial charge in [0.25, 0.3) is 5.69 Å². The van der Waals surface area contributed by atoms with Gasteiger partial charge in [0.05, 0.1) is 11.0 Å². The number of nitro benzene ring substituents is 1. The molecule has 2 aliphatic rings. The highest BCUT2D eigenvalue weighted by Gasteiger charge is 2.33. The van der Waals surface area contributed by atoms with Crippen molar-refractivity contribution in [3.05, 3.63) is 64.7 Å². The molecule has 4 rings (SSSR count). The molecule has 9 heteroatoms. The Morgan fingerprint density at radius 2 is 1.63 bits per heavy atom. The van der Waals surface area contributed by atoms with E-state index in [2.05, 4.69) is 10.2 Å². The van der Waals surface area contributed by atoms with Crippen molar-refractivity contribution in [1.29, 1.82) is 0 Å². The predicted octanol–water partition coefficient (Wildman–Crippen LogP) is 2.23. The minimum atomic E-state index is -0.418. The summed E-state index contributed by atoms with van der Waals surface area (Å²) < 4.78 is 0. The van der Waals surface area contributed by atoms with Crippen LogP contribution in [0.1, 0.15) is 6.42 Å². The number of hydrogen-bond acceptors (Lipinski definition) is 5. The minimum absolute atomic E-state index is 0.00879. The number of nitro groups is 1. The summed E-state index contributed by atoms with van der Waals surface area (Å²) in [7, 11) is 0. The summed E-state index contributed by atoms with van der Waals surface area (Å²) in [6, 6.07) is 15.5. The lowest BCUT2D eigenvalue weighted by atomic mass is 10.2. The molecule has 2 fully saturated rings. The summed E-state index contributed by atoms with van der Waals surface area (Å²) in [4.78, 5) is 40.9. The zero-order valence-corrected chi connectivity index (χ0v) is 16.4. The van der Waals surface area contributed by atoms with Gasteiger partial charge in [0.2, 0.25) is 5.91 Å². The highest BCUT2D eigenvalue weighted by molar-refractivity contribution is 5.96. The molecule has 9 nitrogen and oxygen atoms in total. The number of amides is 3. The van der Waals surface area contributed by atoms with Gasteiger partial charge in [-0.1, -0.05) is 18.2 Å².